The zero-order valence-electron chi connectivity index (χ0n) is 8.70. The number of hydrogen-bond acceptors (Lipinski definition) is 1. The van der Waals surface area contributed by atoms with Gasteiger partial charge in [-0.3, -0.25) is 4.79 Å². The summed E-state index contributed by atoms with van der Waals surface area (Å²) in [5, 5.41) is 1.48. The lowest BCUT2D eigenvalue weighted by Gasteiger charge is -2.08. The standard InChI is InChI=1S/C12H17OSi/c1-10(13)8-9-11(2)14-12-6-4-3-5-7-12/h3-7,11H,1,8-9,14H2,2H3/t11-/m0/s1. The topological polar surface area (TPSA) is 17.1 Å². The molecule has 0 saturated carbocycles. The van der Waals surface area contributed by atoms with Crippen LogP contribution >= 0.6 is 0 Å². The monoisotopic (exact) mass is 205 g/mol. The lowest BCUT2D eigenvalue weighted by atomic mass is 10.2. The summed E-state index contributed by atoms with van der Waals surface area (Å²) in [6.07, 6.45) is 1.64. The van der Waals surface area contributed by atoms with Gasteiger partial charge >= 0.3 is 0 Å². The summed E-state index contributed by atoms with van der Waals surface area (Å²) >= 11 is 0. The third-order valence-corrected chi connectivity index (χ3v) is 4.39. The molecule has 0 unspecified atom stereocenters. The molecule has 0 aromatic heterocycles. The quantitative estimate of drug-likeness (QED) is 0.665. The molecule has 0 heterocycles. The fraction of sp³-hybridized carbons (Fsp3) is 0.333. The zero-order chi connectivity index (χ0) is 10.4. The Morgan fingerprint density at radius 2 is 2.07 bits per heavy atom. The first-order chi connectivity index (χ1) is 6.68. The predicted octanol–water partition coefficient (Wildman–Crippen LogP) is 1.47. The summed E-state index contributed by atoms with van der Waals surface area (Å²) in [6, 6.07) is 10.6. The Hall–Kier alpha value is -0.893. The SMILES string of the molecule is [CH2]C(=O)CC[C@H](C)[SiH2]c1ccccc1. The fourth-order valence-electron chi connectivity index (χ4n) is 1.53. The molecule has 0 bridgehead atoms. The van der Waals surface area contributed by atoms with Crippen LogP contribution in [0.15, 0.2) is 30.3 Å². The summed E-state index contributed by atoms with van der Waals surface area (Å²) in [6.45, 7) is 5.63. The fourth-order valence-corrected chi connectivity index (χ4v) is 3.28. The molecule has 1 aromatic carbocycles. The average molecular weight is 205 g/mol. The zero-order valence-corrected chi connectivity index (χ0v) is 10.1. The van der Waals surface area contributed by atoms with Crippen LogP contribution in [-0.4, -0.2) is 15.3 Å². The molecule has 0 aliphatic heterocycles. The summed E-state index contributed by atoms with van der Waals surface area (Å²) < 4.78 is 0. The van der Waals surface area contributed by atoms with Gasteiger partial charge in [-0.1, -0.05) is 42.4 Å². The minimum absolute atomic E-state index is 0.0684. The highest BCUT2D eigenvalue weighted by Gasteiger charge is 2.05. The van der Waals surface area contributed by atoms with E-state index in [-0.39, 0.29) is 15.3 Å². The van der Waals surface area contributed by atoms with Gasteiger partial charge in [0.1, 0.15) is 5.78 Å². The number of ketones is 1. The molecule has 0 aliphatic carbocycles. The molecule has 1 rings (SSSR count). The van der Waals surface area contributed by atoms with Gasteiger partial charge in [-0.05, 0) is 12.0 Å². The highest BCUT2D eigenvalue weighted by molar-refractivity contribution is 6.54. The smallest absolute Gasteiger partial charge is 0.133 e. The van der Waals surface area contributed by atoms with E-state index < -0.39 is 0 Å². The maximum atomic E-state index is 10.7. The predicted molar refractivity (Wildman–Crippen MR) is 63.6 cm³/mol. The maximum Gasteiger partial charge on any atom is 0.133 e. The van der Waals surface area contributed by atoms with Crippen molar-refractivity contribution in [2.24, 2.45) is 0 Å². The van der Waals surface area contributed by atoms with Crippen LogP contribution in [0.2, 0.25) is 5.54 Å². The molecule has 0 spiro atoms. The van der Waals surface area contributed by atoms with E-state index in [4.69, 9.17) is 0 Å². The van der Waals surface area contributed by atoms with E-state index in [0.717, 1.165) is 6.42 Å². The molecule has 14 heavy (non-hydrogen) atoms. The lowest BCUT2D eigenvalue weighted by molar-refractivity contribution is -0.114. The molecule has 0 amide bonds. The van der Waals surface area contributed by atoms with Crippen molar-refractivity contribution in [3.8, 4) is 0 Å². The van der Waals surface area contributed by atoms with Gasteiger partial charge in [-0.15, -0.1) is 0 Å². The van der Waals surface area contributed by atoms with Crippen LogP contribution in [0.1, 0.15) is 19.8 Å². The first-order valence-electron chi connectivity index (χ1n) is 5.07. The van der Waals surface area contributed by atoms with E-state index in [9.17, 15) is 4.79 Å². The Labute approximate surface area is 88.4 Å². The van der Waals surface area contributed by atoms with Crippen molar-refractivity contribution in [2.75, 3.05) is 0 Å². The van der Waals surface area contributed by atoms with E-state index in [2.05, 4.69) is 38.1 Å². The van der Waals surface area contributed by atoms with Crippen molar-refractivity contribution in [1.29, 1.82) is 0 Å². The number of hydrogen-bond donors (Lipinski definition) is 0. The molecule has 0 fully saturated rings. The number of carbonyl (C=O) groups is 1. The molecule has 1 aromatic rings. The molecule has 1 atom stereocenters. The van der Waals surface area contributed by atoms with Gasteiger partial charge in [0.15, 0.2) is 0 Å². The second kappa shape index (κ2) is 5.76. The van der Waals surface area contributed by atoms with E-state index in [1.165, 1.54) is 5.19 Å². The molecule has 0 saturated heterocycles. The average Bonchev–Trinajstić information content (AvgIpc) is 2.16. The maximum absolute atomic E-state index is 10.7. The van der Waals surface area contributed by atoms with E-state index in [0.29, 0.717) is 12.0 Å². The van der Waals surface area contributed by atoms with Gasteiger partial charge in [0, 0.05) is 13.3 Å². The van der Waals surface area contributed by atoms with E-state index in [1.54, 1.807) is 0 Å². The summed E-state index contributed by atoms with van der Waals surface area (Å²) in [5.41, 5.74) is 0.697. The largest absolute Gasteiger partial charge is 0.300 e. The van der Waals surface area contributed by atoms with Gasteiger partial charge in [0.2, 0.25) is 0 Å². The second-order valence-corrected chi connectivity index (χ2v) is 6.49. The van der Waals surface area contributed by atoms with Crippen molar-refractivity contribution >= 4 is 20.5 Å². The molecule has 0 aliphatic rings. The Bertz CT molecular complexity index is 282. The van der Waals surface area contributed by atoms with E-state index in [1.807, 2.05) is 6.07 Å². The normalized spacial score (nSPS) is 13.3. The highest BCUT2D eigenvalue weighted by Crippen LogP contribution is 2.10. The third kappa shape index (κ3) is 4.37. The Kier molecular flexibility index (Phi) is 4.60. The van der Waals surface area contributed by atoms with Crippen LogP contribution in [0, 0.1) is 6.92 Å². The molecule has 2 heteroatoms. The molecule has 0 N–H and O–H groups in total. The van der Waals surface area contributed by atoms with Crippen molar-refractivity contribution in [1.82, 2.24) is 0 Å². The highest BCUT2D eigenvalue weighted by atomic mass is 28.2. The van der Waals surface area contributed by atoms with Gasteiger partial charge in [0.05, 0.1) is 9.52 Å². The molecule has 1 radical (unpaired) electrons. The summed E-state index contributed by atoms with van der Waals surface area (Å²) in [5.74, 6) is 0.0684. The van der Waals surface area contributed by atoms with Crippen molar-refractivity contribution in [2.45, 2.75) is 25.3 Å². The van der Waals surface area contributed by atoms with Crippen LogP contribution in [0.3, 0.4) is 0 Å². The van der Waals surface area contributed by atoms with Gasteiger partial charge in [0.25, 0.3) is 0 Å². The Balaban J connectivity index is 2.34. The number of carbonyl (C=O) groups excluding carboxylic acids is 1. The number of Topliss-reactive ketones (excluding diaryl/α,β-unsaturated/α-hetero) is 1. The minimum atomic E-state index is -0.210. The molecule has 75 valence electrons. The van der Waals surface area contributed by atoms with Crippen LogP contribution in [0.25, 0.3) is 0 Å². The first kappa shape index (κ1) is 11.2. The van der Waals surface area contributed by atoms with Crippen LogP contribution in [0.4, 0.5) is 0 Å². The minimum Gasteiger partial charge on any atom is -0.300 e. The van der Waals surface area contributed by atoms with Crippen molar-refractivity contribution in [3.63, 3.8) is 0 Å². The second-order valence-electron chi connectivity index (χ2n) is 3.87. The molecular formula is C12H17OSi. The summed E-state index contributed by atoms with van der Waals surface area (Å²) in [7, 11) is -0.210. The van der Waals surface area contributed by atoms with Gasteiger partial charge in [-0.25, -0.2) is 0 Å². The molecule has 1 nitrogen and oxygen atoms in total. The van der Waals surface area contributed by atoms with Crippen molar-refractivity contribution < 1.29 is 4.79 Å². The van der Waals surface area contributed by atoms with Crippen LogP contribution in [0.5, 0.6) is 0 Å². The third-order valence-electron chi connectivity index (χ3n) is 2.34. The Morgan fingerprint density at radius 1 is 1.43 bits per heavy atom. The number of rotatable bonds is 5. The first-order valence-corrected chi connectivity index (χ1v) is 6.59. The van der Waals surface area contributed by atoms with E-state index >= 15 is 0 Å². The Morgan fingerprint density at radius 3 is 2.64 bits per heavy atom. The van der Waals surface area contributed by atoms with Gasteiger partial charge < -0.3 is 0 Å². The van der Waals surface area contributed by atoms with Gasteiger partial charge in [-0.2, -0.15) is 0 Å². The van der Waals surface area contributed by atoms with Crippen molar-refractivity contribution in [3.05, 3.63) is 37.3 Å². The summed E-state index contributed by atoms with van der Waals surface area (Å²) in [4.78, 5) is 10.7. The van der Waals surface area contributed by atoms with Crippen LogP contribution < -0.4 is 5.19 Å². The van der Waals surface area contributed by atoms with Crippen LogP contribution in [-0.2, 0) is 4.79 Å². The molecular weight excluding hydrogens is 188 g/mol. The lowest BCUT2D eigenvalue weighted by Crippen LogP contribution is -2.17. The number of benzene rings is 1.